The molecule has 0 aliphatic heterocycles. The quantitative estimate of drug-likeness (QED) is 0.788. The highest BCUT2D eigenvalue weighted by molar-refractivity contribution is 7.71. The summed E-state index contributed by atoms with van der Waals surface area (Å²) >= 11 is 16.5. The van der Waals surface area contributed by atoms with Gasteiger partial charge in [0, 0.05) is 5.56 Å². The lowest BCUT2D eigenvalue weighted by Crippen LogP contribution is -1.88. The summed E-state index contributed by atoms with van der Waals surface area (Å²) in [6, 6.07) is 5.95. The first-order valence-corrected chi connectivity index (χ1v) is 5.45. The first-order valence-electron chi connectivity index (χ1n) is 4.28. The highest BCUT2D eigenvalue weighted by Crippen LogP contribution is 2.26. The molecule has 2 aromatic rings. The van der Waals surface area contributed by atoms with E-state index in [1.165, 1.54) is 12.1 Å². The molecule has 0 radical (unpaired) electrons. The van der Waals surface area contributed by atoms with Crippen molar-refractivity contribution in [3.63, 3.8) is 0 Å². The number of rotatable bonds is 1. The van der Waals surface area contributed by atoms with E-state index in [0.717, 1.165) is 0 Å². The Bertz CT molecular complexity index is 598. The number of benzene rings is 1. The summed E-state index contributed by atoms with van der Waals surface area (Å²) < 4.78 is 13.4. The van der Waals surface area contributed by atoms with Crippen LogP contribution in [0.2, 0.25) is 10.2 Å². The number of hydrogen-bond acceptors (Lipinski definition) is 2. The van der Waals surface area contributed by atoms with Gasteiger partial charge in [0.05, 0.1) is 5.02 Å². The summed E-state index contributed by atoms with van der Waals surface area (Å²) in [5, 5.41) is 6.65. The Morgan fingerprint density at radius 3 is 2.69 bits per heavy atom. The largest absolute Gasteiger partial charge is 0.266 e. The molecule has 0 aliphatic rings. The van der Waals surface area contributed by atoms with Gasteiger partial charge >= 0.3 is 0 Å². The summed E-state index contributed by atoms with van der Waals surface area (Å²) in [4.78, 5) is 0. The number of hydrogen-bond donors (Lipinski definition) is 1. The van der Waals surface area contributed by atoms with Crippen LogP contribution in [-0.2, 0) is 0 Å². The van der Waals surface area contributed by atoms with Gasteiger partial charge in [-0.2, -0.15) is 5.10 Å². The third-order valence-corrected chi connectivity index (χ3v) is 2.80. The summed E-state index contributed by atoms with van der Waals surface area (Å²) in [5.41, 5.74) is 1.36. The van der Waals surface area contributed by atoms with Crippen LogP contribution in [0.1, 0.15) is 0 Å². The first-order chi connectivity index (χ1) is 7.58. The highest BCUT2D eigenvalue weighted by Gasteiger charge is 2.06. The number of nitrogens with one attached hydrogen (secondary N) is 1. The molecule has 0 saturated carbocycles. The number of aromatic amines is 1. The lowest BCUT2D eigenvalue weighted by Gasteiger charge is -2.03. The van der Waals surface area contributed by atoms with Crippen molar-refractivity contribution in [3.8, 4) is 11.1 Å². The van der Waals surface area contributed by atoms with Gasteiger partial charge in [0.25, 0.3) is 0 Å². The topological polar surface area (TPSA) is 28.7 Å². The van der Waals surface area contributed by atoms with Crippen LogP contribution in [0.3, 0.4) is 0 Å². The summed E-state index contributed by atoms with van der Waals surface area (Å²) in [6.07, 6.45) is 0. The zero-order chi connectivity index (χ0) is 11.7. The minimum absolute atomic E-state index is 0.0415. The van der Waals surface area contributed by atoms with E-state index in [1.807, 2.05) is 0 Å². The second-order valence-corrected chi connectivity index (χ2v) is 4.27. The SMILES string of the molecule is Fc1ccc(-c2cc(Cl)n[nH]c2=S)cc1Cl. The van der Waals surface area contributed by atoms with Gasteiger partial charge in [0.2, 0.25) is 0 Å². The van der Waals surface area contributed by atoms with Crippen LogP contribution >= 0.6 is 35.4 Å². The van der Waals surface area contributed by atoms with E-state index in [-0.39, 0.29) is 10.2 Å². The second kappa shape index (κ2) is 4.49. The van der Waals surface area contributed by atoms with Crippen molar-refractivity contribution in [2.75, 3.05) is 0 Å². The Morgan fingerprint density at radius 2 is 2.00 bits per heavy atom. The van der Waals surface area contributed by atoms with Gasteiger partial charge in [-0.25, -0.2) is 4.39 Å². The highest BCUT2D eigenvalue weighted by atomic mass is 35.5. The Labute approximate surface area is 106 Å². The fourth-order valence-electron chi connectivity index (χ4n) is 1.26. The number of aromatic nitrogens is 2. The predicted octanol–water partition coefficient (Wildman–Crippen LogP) is 4.25. The standard InChI is InChI=1S/C10H5Cl2FN2S/c11-7-3-5(1-2-8(7)13)6-4-9(12)14-15-10(6)16/h1-4H,(H,15,16). The second-order valence-electron chi connectivity index (χ2n) is 3.06. The van der Waals surface area contributed by atoms with E-state index in [0.29, 0.717) is 15.8 Å². The monoisotopic (exact) mass is 274 g/mol. The molecule has 0 atom stereocenters. The molecule has 16 heavy (non-hydrogen) atoms. The molecule has 1 aromatic carbocycles. The van der Waals surface area contributed by atoms with Gasteiger partial charge in [-0.15, -0.1) is 0 Å². The van der Waals surface area contributed by atoms with Gasteiger partial charge < -0.3 is 0 Å². The van der Waals surface area contributed by atoms with Gasteiger partial charge in [-0.05, 0) is 23.8 Å². The van der Waals surface area contributed by atoms with Crippen LogP contribution in [0.25, 0.3) is 11.1 Å². The Morgan fingerprint density at radius 1 is 1.25 bits per heavy atom. The Balaban J connectivity index is 2.63. The third kappa shape index (κ3) is 2.24. The molecule has 1 N–H and O–H groups in total. The lowest BCUT2D eigenvalue weighted by molar-refractivity contribution is 0.628. The van der Waals surface area contributed by atoms with E-state index < -0.39 is 5.82 Å². The zero-order valence-corrected chi connectivity index (χ0v) is 10.1. The van der Waals surface area contributed by atoms with Gasteiger partial charge in [-0.1, -0.05) is 41.5 Å². The average Bonchev–Trinajstić information content (AvgIpc) is 2.26. The molecule has 2 rings (SSSR count). The molecule has 1 heterocycles. The molecule has 0 spiro atoms. The van der Waals surface area contributed by atoms with Crippen molar-refractivity contribution < 1.29 is 4.39 Å². The molecule has 0 unspecified atom stereocenters. The minimum Gasteiger partial charge on any atom is -0.266 e. The molecule has 6 heteroatoms. The molecule has 1 aromatic heterocycles. The summed E-state index contributed by atoms with van der Waals surface area (Å²) in [6.45, 7) is 0. The Hall–Kier alpha value is -0.970. The van der Waals surface area contributed by atoms with Crippen LogP contribution in [0.5, 0.6) is 0 Å². The van der Waals surface area contributed by atoms with Crippen LogP contribution in [0, 0.1) is 10.5 Å². The predicted molar refractivity (Wildman–Crippen MR) is 64.8 cm³/mol. The van der Waals surface area contributed by atoms with E-state index in [9.17, 15) is 4.39 Å². The summed E-state index contributed by atoms with van der Waals surface area (Å²) in [7, 11) is 0. The van der Waals surface area contributed by atoms with Crippen LogP contribution in [-0.4, -0.2) is 10.2 Å². The van der Waals surface area contributed by atoms with E-state index >= 15 is 0 Å². The van der Waals surface area contributed by atoms with E-state index in [2.05, 4.69) is 10.2 Å². The molecule has 0 amide bonds. The number of H-pyrrole nitrogens is 1. The maximum absolute atomic E-state index is 13.0. The molecule has 0 fully saturated rings. The van der Waals surface area contributed by atoms with Gasteiger partial charge in [-0.3, -0.25) is 5.10 Å². The van der Waals surface area contributed by atoms with Gasteiger partial charge in [0.1, 0.15) is 15.6 Å². The van der Waals surface area contributed by atoms with Crippen molar-refractivity contribution in [3.05, 3.63) is 44.9 Å². The van der Waals surface area contributed by atoms with E-state index in [4.69, 9.17) is 35.4 Å². The maximum Gasteiger partial charge on any atom is 0.150 e. The molecular formula is C10H5Cl2FN2S. The normalized spacial score (nSPS) is 10.4. The van der Waals surface area contributed by atoms with Crippen molar-refractivity contribution in [1.29, 1.82) is 0 Å². The lowest BCUT2D eigenvalue weighted by atomic mass is 10.1. The van der Waals surface area contributed by atoms with Crippen LogP contribution in [0.15, 0.2) is 24.3 Å². The average molecular weight is 275 g/mol. The Kier molecular flexibility index (Phi) is 3.23. The molecule has 82 valence electrons. The molecular weight excluding hydrogens is 270 g/mol. The van der Waals surface area contributed by atoms with Gasteiger partial charge in [0.15, 0.2) is 0 Å². The third-order valence-electron chi connectivity index (χ3n) is 2.00. The van der Waals surface area contributed by atoms with Crippen molar-refractivity contribution in [1.82, 2.24) is 10.2 Å². The molecule has 0 aliphatic carbocycles. The van der Waals surface area contributed by atoms with Crippen molar-refractivity contribution in [2.24, 2.45) is 0 Å². The zero-order valence-electron chi connectivity index (χ0n) is 7.80. The van der Waals surface area contributed by atoms with Crippen molar-refractivity contribution in [2.45, 2.75) is 0 Å². The fraction of sp³-hybridized carbons (Fsp3) is 0. The molecule has 0 bridgehead atoms. The fourth-order valence-corrected chi connectivity index (χ4v) is 1.81. The number of halogens is 3. The summed E-state index contributed by atoms with van der Waals surface area (Å²) in [5.74, 6) is -0.472. The number of nitrogens with zero attached hydrogens (tertiary/aromatic N) is 1. The van der Waals surface area contributed by atoms with Crippen molar-refractivity contribution >= 4 is 35.4 Å². The first kappa shape index (κ1) is 11.5. The minimum atomic E-state index is -0.472. The van der Waals surface area contributed by atoms with Crippen LogP contribution in [0.4, 0.5) is 4.39 Å². The molecule has 2 nitrogen and oxygen atoms in total. The van der Waals surface area contributed by atoms with E-state index in [1.54, 1.807) is 12.1 Å². The molecule has 0 saturated heterocycles. The smallest absolute Gasteiger partial charge is 0.150 e. The van der Waals surface area contributed by atoms with Crippen LogP contribution < -0.4 is 0 Å². The maximum atomic E-state index is 13.0.